The smallest absolute Gasteiger partial charge is 0.127 e. The van der Waals surface area contributed by atoms with Crippen LogP contribution in [0.15, 0.2) is 85.2 Å². The number of hydrogen-bond acceptors (Lipinski definition) is 4. The van der Waals surface area contributed by atoms with Crippen molar-refractivity contribution in [3.63, 3.8) is 0 Å². The highest BCUT2D eigenvalue weighted by molar-refractivity contribution is 5.93. The van der Waals surface area contributed by atoms with Crippen molar-refractivity contribution < 1.29 is 4.74 Å². The fourth-order valence-corrected chi connectivity index (χ4v) is 4.38. The highest BCUT2D eigenvalue weighted by atomic mass is 16.5. The molecular formula is C28H30N4O. The van der Waals surface area contributed by atoms with Crippen molar-refractivity contribution in [3.05, 3.63) is 90.8 Å². The first-order chi connectivity index (χ1) is 16.4. The maximum atomic E-state index is 6.26. The number of piperazine rings is 1. The molecule has 168 valence electrons. The third-order valence-corrected chi connectivity index (χ3v) is 6.23. The first-order valence-corrected chi connectivity index (χ1v) is 11.7. The third-order valence-electron chi connectivity index (χ3n) is 6.23. The van der Waals surface area contributed by atoms with E-state index in [1.165, 1.54) is 5.56 Å². The normalized spacial score (nSPS) is 15.4. The van der Waals surface area contributed by atoms with Gasteiger partial charge in [-0.3, -0.25) is 9.80 Å². The van der Waals surface area contributed by atoms with Crippen molar-refractivity contribution in [2.75, 3.05) is 45.9 Å². The Hall–Kier alpha value is -3.41. The minimum absolute atomic E-state index is 0.682. The number of para-hydroxylation sites is 2. The number of aromatic nitrogens is 2. The second kappa shape index (κ2) is 10.5. The molecule has 1 saturated heterocycles. The molecule has 0 saturated carbocycles. The highest BCUT2D eigenvalue weighted by Crippen LogP contribution is 2.33. The van der Waals surface area contributed by atoms with Gasteiger partial charge in [0.1, 0.15) is 12.4 Å². The van der Waals surface area contributed by atoms with E-state index in [9.17, 15) is 0 Å². The Morgan fingerprint density at radius 2 is 1.58 bits per heavy atom. The van der Waals surface area contributed by atoms with Crippen LogP contribution in [0.3, 0.4) is 0 Å². The lowest BCUT2D eigenvalue weighted by Crippen LogP contribution is -2.47. The molecule has 1 aliphatic rings. The van der Waals surface area contributed by atoms with Crippen LogP contribution in [0.4, 0.5) is 0 Å². The molecule has 0 unspecified atom stereocenters. The van der Waals surface area contributed by atoms with Crippen molar-refractivity contribution in [2.24, 2.45) is 0 Å². The zero-order valence-corrected chi connectivity index (χ0v) is 18.9. The fraction of sp³-hybridized carbons (Fsp3) is 0.250. The van der Waals surface area contributed by atoms with Gasteiger partial charge in [-0.05, 0) is 17.7 Å². The highest BCUT2D eigenvalue weighted by Gasteiger charge is 2.16. The van der Waals surface area contributed by atoms with Gasteiger partial charge in [-0.25, -0.2) is 4.98 Å². The number of rotatable bonds is 8. The van der Waals surface area contributed by atoms with E-state index in [4.69, 9.17) is 4.74 Å². The number of benzene rings is 3. The summed E-state index contributed by atoms with van der Waals surface area (Å²) >= 11 is 0. The molecule has 5 heteroatoms. The Morgan fingerprint density at radius 3 is 2.45 bits per heavy atom. The molecule has 1 N–H and O–H groups in total. The Labute approximate surface area is 195 Å². The summed E-state index contributed by atoms with van der Waals surface area (Å²) in [5.74, 6) is 0.915. The van der Waals surface area contributed by atoms with Gasteiger partial charge in [-0.2, -0.15) is 0 Å². The van der Waals surface area contributed by atoms with Crippen LogP contribution in [0.1, 0.15) is 5.56 Å². The van der Waals surface area contributed by atoms with Gasteiger partial charge < -0.3 is 9.72 Å². The van der Waals surface area contributed by atoms with Crippen molar-refractivity contribution in [1.29, 1.82) is 0 Å². The van der Waals surface area contributed by atoms with Crippen molar-refractivity contribution in [3.8, 4) is 16.9 Å². The molecule has 0 amide bonds. The quantitative estimate of drug-likeness (QED) is 0.423. The predicted octanol–water partition coefficient (Wildman–Crippen LogP) is 4.94. The lowest BCUT2D eigenvalue weighted by Gasteiger charge is -2.34. The van der Waals surface area contributed by atoms with Gasteiger partial charge in [-0.15, -0.1) is 0 Å². The summed E-state index contributed by atoms with van der Waals surface area (Å²) in [6.07, 6.45) is 6.22. The number of ether oxygens (including phenoxy) is 1. The molecule has 33 heavy (non-hydrogen) atoms. The molecule has 0 spiro atoms. The molecular weight excluding hydrogens is 408 g/mol. The molecule has 2 heterocycles. The molecule has 0 radical (unpaired) electrons. The minimum Gasteiger partial charge on any atom is -0.492 e. The van der Waals surface area contributed by atoms with Gasteiger partial charge in [0.25, 0.3) is 0 Å². The molecule has 3 aromatic carbocycles. The monoisotopic (exact) mass is 438 g/mol. The van der Waals surface area contributed by atoms with E-state index in [1.807, 2.05) is 12.1 Å². The second-order valence-corrected chi connectivity index (χ2v) is 8.40. The molecule has 0 bridgehead atoms. The Balaban J connectivity index is 1.11. The summed E-state index contributed by atoms with van der Waals surface area (Å²) < 4.78 is 6.26. The van der Waals surface area contributed by atoms with Gasteiger partial charge in [0.05, 0.1) is 17.4 Å². The summed E-state index contributed by atoms with van der Waals surface area (Å²) in [6.45, 7) is 6.97. The van der Waals surface area contributed by atoms with Gasteiger partial charge >= 0.3 is 0 Å². The summed E-state index contributed by atoms with van der Waals surface area (Å²) in [6, 6.07) is 25.0. The predicted molar refractivity (Wildman–Crippen MR) is 135 cm³/mol. The first-order valence-electron chi connectivity index (χ1n) is 11.7. The van der Waals surface area contributed by atoms with E-state index < -0.39 is 0 Å². The molecule has 1 fully saturated rings. The number of aromatic amines is 1. The average Bonchev–Trinajstić information content (AvgIpc) is 3.35. The molecule has 1 aliphatic heterocycles. The number of H-pyrrole nitrogens is 1. The van der Waals surface area contributed by atoms with Crippen molar-refractivity contribution in [1.82, 2.24) is 19.8 Å². The second-order valence-electron chi connectivity index (χ2n) is 8.40. The Kier molecular flexibility index (Phi) is 6.80. The van der Waals surface area contributed by atoms with Crippen LogP contribution in [-0.4, -0.2) is 65.6 Å². The van der Waals surface area contributed by atoms with E-state index in [0.29, 0.717) is 6.61 Å². The van der Waals surface area contributed by atoms with Crippen molar-refractivity contribution >= 4 is 17.1 Å². The number of imidazole rings is 1. The zero-order chi connectivity index (χ0) is 22.3. The van der Waals surface area contributed by atoms with E-state index in [2.05, 4.69) is 92.6 Å². The number of fused-ring (bicyclic) bond motifs is 1. The van der Waals surface area contributed by atoms with E-state index >= 15 is 0 Å². The van der Waals surface area contributed by atoms with Gasteiger partial charge in [0.15, 0.2) is 0 Å². The van der Waals surface area contributed by atoms with E-state index in [-0.39, 0.29) is 0 Å². The van der Waals surface area contributed by atoms with Crippen LogP contribution < -0.4 is 4.74 Å². The van der Waals surface area contributed by atoms with Gasteiger partial charge in [0.2, 0.25) is 0 Å². The topological polar surface area (TPSA) is 44.4 Å². The zero-order valence-electron chi connectivity index (χ0n) is 18.9. The van der Waals surface area contributed by atoms with Gasteiger partial charge in [-0.1, -0.05) is 72.8 Å². The summed E-state index contributed by atoms with van der Waals surface area (Å²) in [7, 11) is 0. The molecule has 5 nitrogen and oxygen atoms in total. The Bertz CT molecular complexity index is 1190. The third kappa shape index (κ3) is 5.33. The summed E-state index contributed by atoms with van der Waals surface area (Å²) in [5, 5.41) is 0. The first kappa shape index (κ1) is 21.4. The molecule has 0 atom stereocenters. The standard InChI is InChI=1S/C28H30N4O/c1-2-8-23(9-3-1)10-7-15-31-16-18-32(19-17-31)20-21-33-27-14-5-4-11-24(27)25-12-6-13-26-28(25)30-22-29-26/h1-14,22H,15-21H2,(H,29,30). The van der Waals surface area contributed by atoms with Crippen LogP contribution >= 0.6 is 0 Å². The van der Waals surface area contributed by atoms with Crippen LogP contribution in [0.25, 0.3) is 28.2 Å². The molecule has 1 aromatic heterocycles. The van der Waals surface area contributed by atoms with Crippen molar-refractivity contribution in [2.45, 2.75) is 0 Å². The van der Waals surface area contributed by atoms with E-state index in [1.54, 1.807) is 6.33 Å². The number of hydrogen-bond donors (Lipinski definition) is 1. The SMILES string of the molecule is C(=Cc1ccccc1)CN1CCN(CCOc2ccccc2-c2cccc3[nH]cnc23)CC1. The van der Waals surface area contributed by atoms with Crippen LogP contribution in [0.2, 0.25) is 0 Å². The maximum absolute atomic E-state index is 6.26. The molecule has 4 aromatic rings. The largest absolute Gasteiger partial charge is 0.492 e. The van der Waals surface area contributed by atoms with Crippen LogP contribution in [-0.2, 0) is 0 Å². The lowest BCUT2D eigenvalue weighted by molar-refractivity contribution is 0.125. The Morgan fingerprint density at radius 1 is 0.818 bits per heavy atom. The number of nitrogens with zero attached hydrogens (tertiary/aromatic N) is 3. The molecule has 0 aliphatic carbocycles. The van der Waals surface area contributed by atoms with Crippen LogP contribution in [0, 0.1) is 0 Å². The molecule has 5 rings (SSSR count). The van der Waals surface area contributed by atoms with Gasteiger partial charge in [0, 0.05) is 50.4 Å². The minimum atomic E-state index is 0.682. The lowest BCUT2D eigenvalue weighted by atomic mass is 10.0. The fourth-order valence-electron chi connectivity index (χ4n) is 4.38. The summed E-state index contributed by atoms with van der Waals surface area (Å²) in [4.78, 5) is 12.7. The van der Waals surface area contributed by atoms with E-state index in [0.717, 1.165) is 67.2 Å². The van der Waals surface area contributed by atoms with Crippen LogP contribution in [0.5, 0.6) is 5.75 Å². The maximum Gasteiger partial charge on any atom is 0.127 e. The summed E-state index contributed by atoms with van der Waals surface area (Å²) in [5.41, 5.74) is 5.47. The average molecular weight is 439 g/mol. The number of nitrogens with one attached hydrogen (secondary N) is 1.